The van der Waals surface area contributed by atoms with Crippen LogP contribution in [0.4, 0.5) is 11.4 Å². The standard InChI is InChI=1S/C24H12N2O8/c27-19-13-6-2-8-15(23(31)32)17(13)21(29)25(19)11-4-1-5-12(10-11)26-20(28)14-7-3-9-16(24(33)34)18(14)22(26)30/h1-10H,(H,31,32)(H,33,34). The number of imide groups is 2. The van der Waals surface area contributed by atoms with Crippen LogP contribution in [0.5, 0.6) is 0 Å². The number of hydrogen-bond acceptors (Lipinski definition) is 6. The molecule has 5 rings (SSSR count). The Labute approximate surface area is 190 Å². The summed E-state index contributed by atoms with van der Waals surface area (Å²) in [5.74, 6) is -5.95. The van der Waals surface area contributed by atoms with Gasteiger partial charge in [-0.15, -0.1) is 0 Å². The number of carbonyl (C=O) groups is 6. The molecule has 166 valence electrons. The van der Waals surface area contributed by atoms with Gasteiger partial charge in [-0.1, -0.05) is 18.2 Å². The monoisotopic (exact) mass is 456 g/mol. The summed E-state index contributed by atoms with van der Waals surface area (Å²) >= 11 is 0. The molecule has 3 aromatic carbocycles. The molecule has 0 atom stereocenters. The van der Waals surface area contributed by atoms with Gasteiger partial charge >= 0.3 is 11.9 Å². The van der Waals surface area contributed by atoms with Crippen LogP contribution in [0.3, 0.4) is 0 Å². The summed E-state index contributed by atoms with van der Waals surface area (Å²) in [4.78, 5) is 76.5. The molecule has 0 fully saturated rings. The fraction of sp³-hybridized carbons (Fsp3) is 0. The number of benzene rings is 3. The molecule has 0 spiro atoms. The highest BCUT2D eigenvalue weighted by Gasteiger charge is 2.42. The normalized spacial score (nSPS) is 14.5. The van der Waals surface area contributed by atoms with Crippen molar-refractivity contribution >= 4 is 46.9 Å². The first-order chi connectivity index (χ1) is 16.2. The number of carboxylic acids is 2. The van der Waals surface area contributed by atoms with E-state index in [1.807, 2.05) is 0 Å². The molecule has 2 heterocycles. The Morgan fingerprint density at radius 3 is 1.32 bits per heavy atom. The molecule has 4 amide bonds. The van der Waals surface area contributed by atoms with Gasteiger partial charge in [0, 0.05) is 0 Å². The lowest BCUT2D eigenvalue weighted by atomic mass is 10.0. The zero-order chi connectivity index (χ0) is 24.3. The minimum Gasteiger partial charge on any atom is -0.478 e. The Bertz CT molecular complexity index is 1400. The Morgan fingerprint density at radius 1 is 0.559 bits per heavy atom. The molecule has 10 heteroatoms. The third-order valence-electron chi connectivity index (χ3n) is 5.64. The molecule has 0 aromatic heterocycles. The number of carbonyl (C=O) groups excluding carboxylic acids is 4. The maximum Gasteiger partial charge on any atom is 0.336 e. The Balaban J connectivity index is 1.57. The zero-order valence-corrected chi connectivity index (χ0v) is 17.0. The number of nitrogens with zero attached hydrogens (tertiary/aromatic N) is 2. The maximum absolute atomic E-state index is 13.0. The largest absolute Gasteiger partial charge is 0.478 e. The topological polar surface area (TPSA) is 149 Å². The van der Waals surface area contributed by atoms with E-state index < -0.39 is 35.6 Å². The summed E-state index contributed by atoms with van der Waals surface area (Å²) in [6.07, 6.45) is 0. The van der Waals surface area contributed by atoms with Crippen LogP contribution in [0.1, 0.15) is 62.1 Å². The smallest absolute Gasteiger partial charge is 0.336 e. The Morgan fingerprint density at radius 2 is 0.941 bits per heavy atom. The third-order valence-corrected chi connectivity index (χ3v) is 5.64. The highest BCUT2D eigenvalue weighted by Crippen LogP contribution is 2.35. The molecule has 0 radical (unpaired) electrons. The second-order valence-corrected chi connectivity index (χ2v) is 7.48. The van der Waals surface area contributed by atoms with E-state index in [9.17, 15) is 39.0 Å². The zero-order valence-electron chi connectivity index (χ0n) is 17.0. The molecular formula is C24H12N2O8. The van der Waals surface area contributed by atoms with Gasteiger partial charge in [0.25, 0.3) is 23.6 Å². The van der Waals surface area contributed by atoms with Crippen LogP contribution in [0.15, 0.2) is 60.7 Å². The van der Waals surface area contributed by atoms with E-state index in [2.05, 4.69) is 0 Å². The number of anilines is 2. The first-order valence-corrected chi connectivity index (χ1v) is 9.82. The van der Waals surface area contributed by atoms with E-state index in [1.54, 1.807) is 0 Å². The van der Waals surface area contributed by atoms with Crippen LogP contribution in [0.2, 0.25) is 0 Å². The van der Waals surface area contributed by atoms with Crippen molar-refractivity contribution in [1.82, 2.24) is 0 Å². The van der Waals surface area contributed by atoms with Gasteiger partial charge < -0.3 is 10.2 Å². The van der Waals surface area contributed by atoms with Gasteiger partial charge in [0.1, 0.15) is 0 Å². The van der Waals surface area contributed by atoms with Crippen molar-refractivity contribution in [3.8, 4) is 0 Å². The average molecular weight is 456 g/mol. The lowest BCUT2D eigenvalue weighted by Gasteiger charge is -2.18. The van der Waals surface area contributed by atoms with Crippen molar-refractivity contribution in [2.45, 2.75) is 0 Å². The summed E-state index contributed by atoms with van der Waals surface area (Å²) in [7, 11) is 0. The third kappa shape index (κ3) is 2.75. The van der Waals surface area contributed by atoms with Crippen molar-refractivity contribution < 1.29 is 39.0 Å². The number of amides is 4. The van der Waals surface area contributed by atoms with Crippen LogP contribution in [0.25, 0.3) is 0 Å². The van der Waals surface area contributed by atoms with Crippen molar-refractivity contribution in [2.75, 3.05) is 9.80 Å². The highest BCUT2D eigenvalue weighted by molar-refractivity contribution is 6.38. The van der Waals surface area contributed by atoms with Gasteiger partial charge in [0.2, 0.25) is 0 Å². The first kappa shape index (κ1) is 20.8. The average Bonchev–Trinajstić information content (AvgIpc) is 3.23. The van der Waals surface area contributed by atoms with Crippen LogP contribution in [0, 0.1) is 0 Å². The summed E-state index contributed by atoms with van der Waals surface area (Å²) in [5.41, 5.74) is -1.30. The predicted octanol–water partition coefficient (Wildman–Crippen LogP) is 2.68. The van der Waals surface area contributed by atoms with E-state index in [1.165, 1.54) is 60.7 Å². The second-order valence-electron chi connectivity index (χ2n) is 7.48. The number of rotatable bonds is 4. The summed E-state index contributed by atoms with van der Waals surface area (Å²) < 4.78 is 0. The van der Waals surface area contributed by atoms with E-state index in [-0.39, 0.29) is 44.8 Å². The summed E-state index contributed by atoms with van der Waals surface area (Å²) in [6, 6.07) is 13.3. The number of hydrogen-bond donors (Lipinski definition) is 2. The molecule has 0 bridgehead atoms. The van der Waals surface area contributed by atoms with Gasteiger partial charge in [-0.05, 0) is 42.5 Å². The molecule has 3 aromatic rings. The molecule has 34 heavy (non-hydrogen) atoms. The van der Waals surface area contributed by atoms with Crippen LogP contribution < -0.4 is 9.80 Å². The van der Waals surface area contributed by atoms with E-state index in [0.717, 1.165) is 9.80 Å². The molecule has 2 aliphatic rings. The number of carboxylic acid groups (broad SMARTS) is 2. The molecule has 0 saturated carbocycles. The van der Waals surface area contributed by atoms with Crippen LogP contribution in [-0.4, -0.2) is 45.8 Å². The van der Waals surface area contributed by atoms with Gasteiger partial charge in [-0.2, -0.15) is 0 Å². The fourth-order valence-electron chi connectivity index (χ4n) is 4.17. The van der Waals surface area contributed by atoms with Crippen LogP contribution >= 0.6 is 0 Å². The predicted molar refractivity (Wildman–Crippen MR) is 116 cm³/mol. The Hall–Kier alpha value is -5.12. The molecule has 0 unspecified atom stereocenters. The minimum atomic E-state index is -1.37. The minimum absolute atomic E-state index is 0.00931. The lowest BCUT2D eigenvalue weighted by Crippen LogP contribution is -2.32. The van der Waals surface area contributed by atoms with Gasteiger partial charge in [-0.25, -0.2) is 19.4 Å². The van der Waals surface area contributed by atoms with Crippen molar-refractivity contribution in [3.63, 3.8) is 0 Å². The molecule has 2 N–H and O–H groups in total. The maximum atomic E-state index is 13.0. The molecule has 0 aliphatic carbocycles. The molecule has 10 nitrogen and oxygen atoms in total. The molecule has 2 aliphatic heterocycles. The fourth-order valence-corrected chi connectivity index (χ4v) is 4.17. The van der Waals surface area contributed by atoms with Gasteiger partial charge in [0.15, 0.2) is 0 Å². The summed E-state index contributed by atoms with van der Waals surface area (Å²) in [6.45, 7) is 0. The van der Waals surface area contributed by atoms with E-state index >= 15 is 0 Å². The molecule has 0 saturated heterocycles. The molecular weight excluding hydrogens is 444 g/mol. The van der Waals surface area contributed by atoms with Crippen molar-refractivity contribution in [2.24, 2.45) is 0 Å². The second kappa shape index (κ2) is 7.20. The number of aromatic carboxylic acids is 2. The lowest BCUT2D eigenvalue weighted by molar-refractivity contribution is 0.0683. The van der Waals surface area contributed by atoms with E-state index in [4.69, 9.17) is 0 Å². The summed E-state index contributed by atoms with van der Waals surface area (Å²) in [5, 5.41) is 18.8. The van der Waals surface area contributed by atoms with Crippen molar-refractivity contribution in [3.05, 3.63) is 94.0 Å². The van der Waals surface area contributed by atoms with Gasteiger partial charge in [0.05, 0.1) is 44.8 Å². The SMILES string of the molecule is O=C(O)c1cccc2c1C(=O)N(c1cccc(N3C(=O)c4cccc(C(=O)O)c4C3=O)c1)C2=O. The van der Waals surface area contributed by atoms with Crippen LogP contribution in [-0.2, 0) is 0 Å². The van der Waals surface area contributed by atoms with E-state index in [0.29, 0.717) is 0 Å². The van der Waals surface area contributed by atoms with Crippen molar-refractivity contribution in [1.29, 1.82) is 0 Å². The van der Waals surface area contributed by atoms with Gasteiger partial charge in [-0.3, -0.25) is 19.2 Å². The highest BCUT2D eigenvalue weighted by atomic mass is 16.4. The number of fused-ring (bicyclic) bond motifs is 2. The first-order valence-electron chi connectivity index (χ1n) is 9.82. The quantitative estimate of drug-likeness (QED) is 0.569. The Kier molecular flexibility index (Phi) is 4.40.